The van der Waals surface area contributed by atoms with Crippen molar-refractivity contribution in [1.29, 1.82) is 0 Å². The number of hydrazine groups is 1. The van der Waals surface area contributed by atoms with E-state index in [-0.39, 0.29) is 5.54 Å². The van der Waals surface area contributed by atoms with Crippen molar-refractivity contribution in [3.8, 4) is 0 Å². The maximum Gasteiger partial charge on any atom is 0.258 e. The van der Waals surface area contributed by atoms with Gasteiger partial charge in [0.2, 0.25) is 0 Å². The molecule has 2 bridgehead atoms. The summed E-state index contributed by atoms with van der Waals surface area (Å²) in [5.74, 6) is 4.00. The summed E-state index contributed by atoms with van der Waals surface area (Å²) < 4.78 is 0. The van der Waals surface area contributed by atoms with Crippen LogP contribution in [0.25, 0.3) is 0 Å². The first-order chi connectivity index (χ1) is 12.4. The predicted molar refractivity (Wildman–Crippen MR) is 103 cm³/mol. The number of carbonyl (C=O) groups is 1. The third-order valence-corrected chi connectivity index (χ3v) is 8.36. The van der Waals surface area contributed by atoms with Gasteiger partial charge >= 0.3 is 0 Å². The molecule has 3 nitrogen and oxygen atoms in total. The molecule has 4 fully saturated rings. The van der Waals surface area contributed by atoms with Gasteiger partial charge in [0, 0.05) is 6.54 Å². The molecule has 26 heavy (non-hydrogen) atoms. The van der Waals surface area contributed by atoms with Gasteiger partial charge in [-0.15, -0.1) is 0 Å². The number of amides is 1. The van der Waals surface area contributed by atoms with Gasteiger partial charge in [0.25, 0.3) is 5.91 Å². The fourth-order valence-corrected chi connectivity index (χ4v) is 6.48. The second kappa shape index (κ2) is 5.58. The highest BCUT2D eigenvalue weighted by Gasteiger charge is 2.59. The van der Waals surface area contributed by atoms with Crippen LogP contribution in [0.3, 0.4) is 0 Å². The summed E-state index contributed by atoms with van der Waals surface area (Å²) in [5.41, 5.74) is 3.69. The van der Waals surface area contributed by atoms with Crippen molar-refractivity contribution in [3.05, 3.63) is 34.9 Å². The number of carbonyl (C=O) groups excluding carboxylic acids is 1. The van der Waals surface area contributed by atoms with Crippen molar-refractivity contribution in [2.24, 2.45) is 23.7 Å². The van der Waals surface area contributed by atoms with E-state index in [1.165, 1.54) is 48.8 Å². The van der Waals surface area contributed by atoms with Crippen LogP contribution in [-0.4, -0.2) is 27.5 Å². The van der Waals surface area contributed by atoms with Crippen LogP contribution in [0, 0.1) is 37.5 Å². The van der Waals surface area contributed by atoms with Crippen molar-refractivity contribution in [2.75, 3.05) is 0 Å². The summed E-state index contributed by atoms with van der Waals surface area (Å²) in [4.78, 5) is 13.1. The maximum absolute atomic E-state index is 13.1. The molecule has 0 N–H and O–H groups in total. The standard InChI is InChI=1S/C23H32N2O/c1-14-6-5-7-17(15(14)2)13-24-23(3,4)22(26)25(24)21-9-8-16-10-18-11-19(21)12-20(16)18/h5-7,16,18-21H,8-13H2,1-4H3. The molecule has 4 aliphatic rings. The monoisotopic (exact) mass is 352 g/mol. The van der Waals surface area contributed by atoms with E-state index in [9.17, 15) is 4.79 Å². The van der Waals surface area contributed by atoms with Gasteiger partial charge in [-0.25, -0.2) is 0 Å². The van der Waals surface area contributed by atoms with Crippen LogP contribution in [0.2, 0.25) is 0 Å². The second-order valence-corrected chi connectivity index (χ2v) is 9.92. The molecule has 140 valence electrons. The number of fused-ring (bicyclic) bond motifs is 1. The molecule has 3 aliphatic carbocycles. The molecule has 1 aliphatic heterocycles. The normalized spacial score (nSPS) is 37.9. The lowest BCUT2D eigenvalue weighted by Crippen LogP contribution is -2.77. The van der Waals surface area contributed by atoms with Crippen molar-refractivity contribution in [2.45, 2.75) is 77.9 Å². The molecule has 1 heterocycles. The zero-order valence-corrected chi connectivity index (χ0v) is 16.7. The molecule has 0 radical (unpaired) electrons. The first kappa shape index (κ1) is 16.8. The van der Waals surface area contributed by atoms with E-state index >= 15 is 0 Å². The van der Waals surface area contributed by atoms with E-state index in [2.05, 4.69) is 55.9 Å². The fourth-order valence-electron chi connectivity index (χ4n) is 6.48. The van der Waals surface area contributed by atoms with Crippen molar-refractivity contribution < 1.29 is 4.79 Å². The second-order valence-electron chi connectivity index (χ2n) is 9.92. The SMILES string of the molecule is Cc1cccc(CN2N(C3CCC4CC5CC3CC45)C(=O)C2(C)C)c1C. The van der Waals surface area contributed by atoms with Crippen LogP contribution < -0.4 is 0 Å². The molecule has 1 amide bonds. The Bertz CT molecular complexity index is 755. The number of hydrogen-bond donors (Lipinski definition) is 0. The van der Waals surface area contributed by atoms with E-state index < -0.39 is 0 Å². The van der Waals surface area contributed by atoms with Crippen LogP contribution in [0.15, 0.2) is 18.2 Å². The van der Waals surface area contributed by atoms with E-state index in [4.69, 9.17) is 0 Å². The predicted octanol–water partition coefficient (Wildman–Crippen LogP) is 4.47. The van der Waals surface area contributed by atoms with Gasteiger partial charge in [0.05, 0.1) is 6.04 Å². The lowest BCUT2D eigenvalue weighted by molar-refractivity contribution is -0.234. The summed E-state index contributed by atoms with van der Waals surface area (Å²) in [6, 6.07) is 7.00. The Balaban J connectivity index is 1.42. The average Bonchev–Trinajstić information content (AvgIpc) is 2.84. The largest absolute Gasteiger partial charge is 0.271 e. The minimum absolute atomic E-state index is 0.340. The molecule has 5 unspecified atom stereocenters. The zero-order valence-electron chi connectivity index (χ0n) is 16.7. The van der Waals surface area contributed by atoms with Gasteiger partial charge < -0.3 is 0 Å². The van der Waals surface area contributed by atoms with E-state index in [1.54, 1.807) is 0 Å². The van der Waals surface area contributed by atoms with Gasteiger partial charge in [0.1, 0.15) is 5.54 Å². The molecule has 5 rings (SSSR count). The number of benzene rings is 1. The Morgan fingerprint density at radius 3 is 2.62 bits per heavy atom. The summed E-state index contributed by atoms with van der Waals surface area (Å²) in [5, 5.41) is 4.58. The zero-order chi connectivity index (χ0) is 18.2. The molecular weight excluding hydrogens is 320 g/mol. The molecular formula is C23H32N2O. The topological polar surface area (TPSA) is 23.6 Å². The highest BCUT2D eigenvalue weighted by atomic mass is 16.2. The van der Waals surface area contributed by atoms with Crippen molar-refractivity contribution in [1.82, 2.24) is 10.0 Å². The first-order valence-electron chi connectivity index (χ1n) is 10.5. The lowest BCUT2D eigenvalue weighted by Gasteiger charge is -2.59. The summed E-state index contributed by atoms with van der Waals surface area (Å²) in [6.45, 7) is 9.44. The smallest absolute Gasteiger partial charge is 0.258 e. The fraction of sp³-hybridized carbons (Fsp3) is 0.696. The average molecular weight is 353 g/mol. The van der Waals surface area contributed by atoms with Crippen LogP contribution >= 0.6 is 0 Å². The van der Waals surface area contributed by atoms with Crippen molar-refractivity contribution >= 4 is 5.91 Å². The highest BCUT2D eigenvalue weighted by molar-refractivity contribution is 5.90. The molecule has 0 spiro atoms. The molecule has 1 aromatic carbocycles. The van der Waals surface area contributed by atoms with Gasteiger partial charge in [-0.05, 0) is 100 Å². The van der Waals surface area contributed by atoms with Crippen LogP contribution in [0.4, 0.5) is 0 Å². The van der Waals surface area contributed by atoms with E-state index in [0.29, 0.717) is 11.9 Å². The molecule has 1 saturated heterocycles. The highest BCUT2D eigenvalue weighted by Crippen LogP contribution is 2.59. The van der Waals surface area contributed by atoms with E-state index in [1.807, 2.05) is 0 Å². The molecule has 3 saturated carbocycles. The summed E-state index contributed by atoms with van der Waals surface area (Å²) in [7, 11) is 0. The van der Waals surface area contributed by atoms with Crippen LogP contribution in [-0.2, 0) is 11.3 Å². The number of aryl methyl sites for hydroxylation is 1. The third kappa shape index (κ3) is 2.19. The Hall–Kier alpha value is -1.35. The Labute approximate surface area is 157 Å². The quantitative estimate of drug-likeness (QED) is 0.801. The molecule has 5 atom stereocenters. The number of nitrogens with zero attached hydrogens (tertiary/aromatic N) is 2. The van der Waals surface area contributed by atoms with Gasteiger partial charge in [-0.1, -0.05) is 18.2 Å². The third-order valence-electron chi connectivity index (χ3n) is 8.36. The Morgan fingerprint density at radius 1 is 1.04 bits per heavy atom. The number of hydrogen-bond acceptors (Lipinski definition) is 2. The van der Waals surface area contributed by atoms with Crippen molar-refractivity contribution in [3.63, 3.8) is 0 Å². The van der Waals surface area contributed by atoms with Crippen LogP contribution in [0.1, 0.15) is 62.6 Å². The Morgan fingerprint density at radius 2 is 1.81 bits per heavy atom. The minimum atomic E-state index is -0.372. The van der Waals surface area contributed by atoms with Gasteiger partial charge in [-0.2, -0.15) is 5.01 Å². The maximum atomic E-state index is 13.1. The van der Waals surface area contributed by atoms with Gasteiger partial charge in [-0.3, -0.25) is 9.80 Å². The summed E-state index contributed by atoms with van der Waals surface area (Å²) in [6.07, 6.45) is 6.77. The Kier molecular flexibility index (Phi) is 3.60. The first-order valence-corrected chi connectivity index (χ1v) is 10.5. The minimum Gasteiger partial charge on any atom is -0.271 e. The lowest BCUT2D eigenvalue weighted by atomic mass is 9.64. The van der Waals surface area contributed by atoms with Gasteiger partial charge in [0.15, 0.2) is 0 Å². The number of rotatable bonds is 3. The van der Waals surface area contributed by atoms with Crippen LogP contribution in [0.5, 0.6) is 0 Å². The van der Waals surface area contributed by atoms with E-state index in [0.717, 1.165) is 30.2 Å². The molecule has 1 aromatic rings. The summed E-state index contributed by atoms with van der Waals surface area (Å²) >= 11 is 0. The molecule has 3 heteroatoms. The molecule has 0 aromatic heterocycles.